The molecule has 0 unspecified atom stereocenters. The molecule has 0 aromatic heterocycles. The molecule has 0 saturated carbocycles. The number of para-hydroxylation sites is 1. The molecule has 0 aliphatic carbocycles. The van der Waals surface area contributed by atoms with Crippen LogP contribution >= 0.6 is 0 Å². The van der Waals surface area contributed by atoms with E-state index in [1.54, 1.807) is 0 Å². The molecule has 0 fully saturated rings. The first-order chi connectivity index (χ1) is 18.4. The summed E-state index contributed by atoms with van der Waals surface area (Å²) in [6.07, 6.45) is 0. The Morgan fingerprint density at radius 2 is 0.757 bits per heavy atom. The molecular weight excluding hydrogens is 446 g/mol. The molecule has 37 heavy (non-hydrogen) atoms. The van der Waals surface area contributed by atoms with Gasteiger partial charge in [0.2, 0.25) is 0 Å². The van der Waals surface area contributed by atoms with Gasteiger partial charge in [-0.1, -0.05) is 133 Å². The van der Waals surface area contributed by atoms with E-state index >= 15 is 0 Å². The van der Waals surface area contributed by atoms with Gasteiger partial charge in [-0.25, -0.2) is 0 Å². The molecule has 0 aliphatic heterocycles. The van der Waals surface area contributed by atoms with Crippen molar-refractivity contribution < 1.29 is 0 Å². The van der Waals surface area contributed by atoms with Crippen molar-refractivity contribution in [3.8, 4) is 22.3 Å². The third-order valence-electron chi connectivity index (χ3n) is 7.25. The molecule has 0 spiro atoms. The highest BCUT2D eigenvalue weighted by molar-refractivity contribution is 6.24. The maximum absolute atomic E-state index is 3.74. The fourth-order valence-electron chi connectivity index (χ4n) is 5.61. The van der Waals surface area contributed by atoms with Crippen molar-refractivity contribution in [1.29, 1.82) is 0 Å². The molecule has 0 aliphatic rings. The van der Waals surface area contributed by atoms with Crippen molar-refractivity contribution in [2.24, 2.45) is 0 Å². The Balaban J connectivity index is 1.56. The molecule has 0 saturated heterocycles. The van der Waals surface area contributed by atoms with Gasteiger partial charge in [0.15, 0.2) is 0 Å². The zero-order valence-electron chi connectivity index (χ0n) is 20.4. The zero-order valence-corrected chi connectivity index (χ0v) is 20.4. The van der Waals surface area contributed by atoms with Gasteiger partial charge in [-0.2, -0.15) is 0 Å². The van der Waals surface area contributed by atoms with Crippen LogP contribution in [-0.2, 0) is 0 Å². The van der Waals surface area contributed by atoms with Crippen LogP contribution in [0, 0.1) is 0 Å². The number of hydrogen-bond acceptors (Lipinski definition) is 1. The van der Waals surface area contributed by atoms with Gasteiger partial charge >= 0.3 is 0 Å². The van der Waals surface area contributed by atoms with E-state index in [1.807, 2.05) is 0 Å². The summed E-state index contributed by atoms with van der Waals surface area (Å²) in [5, 5.41) is 11.2. The summed E-state index contributed by atoms with van der Waals surface area (Å²) in [6, 6.07) is 52.0. The maximum atomic E-state index is 3.74. The third kappa shape index (κ3) is 3.64. The van der Waals surface area contributed by atoms with Gasteiger partial charge in [0, 0.05) is 16.5 Å². The summed E-state index contributed by atoms with van der Waals surface area (Å²) in [4.78, 5) is 0. The van der Waals surface area contributed by atoms with Gasteiger partial charge in [-0.15, -0.1) is 0 Å². The van der Waals surface area contributed by atoms with Crippen molar-refractivity contribution >= 4 is 43.7 Å². The van der Waals surface area contributed by atoms with E-state index in [1.165, 1.54) is 54.6 Å². The van der Waals surface area contributed by atoms with Crippen LogP contribution in [0.15, 0.2) is 146 Å². The van der Waals surface area contributed by atoms with E-state index in [0.717, 1.165) is 11.4 Å². The lowest BCUT2D eigenvalue weighted by molar-refractivity contribution is 1.59. The van der Waals surface area contributed by atoms with Crippen LogP contribution in [0.5, 0.6) is 0 Å². The van der Waals surface area contributed by atoms with E-state index in [2.05, 4.69) is 151 Å². The first kappa shape index (κ1) is 21.4. The second kappa shape index (κ2) is 8.96. The molecule has 1 N–H and O–H groups in total. The van der Waals surface area contributed by atoms with E-state index in [-0.39, 0.29) is 0 Å². The van der Waals surface area contributed by atoms with Crippen molar-refractivity contribution in [2.45, 2.75) is 0 Å². The Labute approximate surface area is 216 Å². The number of hydrogen-bond donors (Lipinski definition) is 1. The Morgan fingerprint density at radius 1 is 0.324 bits per heavy atom. The normalized spacial score (nSPS) is 11.2. The van der Waals surface area contributed by atoms with Crippen LogP contribution in [0.25, 0.3) is 54.6 Å². The van der Waals surface area contributed by atoms with Gasteiger partial charge in [-0.05, 0) is 55.9 Å². The summed E-state index contributed by atoms with van der Waals surface area (Å²) in [5.41, 5.74) is 7.27. The Hall–Kier alpha value is -4.88. The van der Waals surface area contributed by atoms with Gasteiger partial charge in [0.05, 0.1) is 5.69 Å². The van der Waals surface area contributed by atoms with Crippen LogP contribution in [0.1, 0.15) is 0 Å². The summed E-state index contributed by atoms with van der Waals surface area (Å²) in [7, 11) is 0. The Morgan fingerprint density at radius 3 is 1.35 bits per heavy atom. The number of benzene rings is 7. The molecule has 0 atom stereocenters. The first-order valence-corrected chi connectivity index (χ1v) is 12.7. The molecule has 7 aromatic carbocycles. The molecule has 7 rings (SSSR count). The molecule has 174 valence electrons. The summed E-state index contributed by atoms with van der Waals surface area (Å²) >= 11 is 0. The number of fused-ring (bicyclic) bond motifs is 3. The minimum Gasteiger partial charge on any atom is -0.355 e. The molecule has 1 nitrogen and oxygen atoms in total. The quantitative estimate of drug-likeness (QED) is 0.252. The molecule has 0 radical (unpaired) electrons. The minimum atomic E-state index is 1.09. The highest BCUT2D eigenvalue weighted by atomic mass is 14.9. The number of anilines is 2. The van der Waals surface area contributed by atoms with E-state index in [0.29, 0.717) is 0 Å². The van der Waals surface area contributed by atoms with E-state index in [9.17, 15) is 0 Å². The molecule has 1 heteroatoms. The molecule has 0 bridgehead atoms. The zero-order chi connectivity index (χ0) is 24.6. The number of rotatable bonds is 4. The summed E-state index contributed by atoms with van der Waals surface area (Å²) in [5.74, 6) is 0. The van der Waals surface area contributed by atoms with Crippen LogP contribution in [0.2, 0.25) is 0 Å². The smallest absolute Gasteiger partial charge is 0.0544 e. The van der Waals surface area contributed by atoms with Gasteiger partial charge in [0.1, 0.15) is 0 Å². The molecule has 0 amide bonds. The fourth-order valence-corrected chi connectivity index (χ4v) is 5.61. The first-order valence-electron chi connectivity index (χ1n) is 12.7. The third-order valence-corrected chi connectivity index (χ3v) is 7.25. The largest absolute Gasteiger partial charge is 0.355 e. The molecule has 0 heterocycles. The Bertz CT molecular complexity index is 1830. The maximum Gasteiger partial charge on any atom is 0.0544 e. The minimum absolute atomic E-state index is 1.09. The fraction of sp³-hybridized carbons (Fsp3) is 0. The van der Waals surface area contributed by atoms with Gasteiger partial charge < -0.3 is 5.32 Å². The second-order valence-electron chi connectivity index (χ2n) is 9.40. The van der Waals surface area contributed by atoms with Crippen LogP contribution in [0.3, 0.4) is 0 Å². The average molecular weight is 472 g/mol. The average Bonchev–Trinajstić information content (AvgIpc) is 2.98. The predicted molar refractivity (Wildman–Crippen MR) is 160 cm³/mol. The van der Waals surface area contributed by atoms with Crippen molar-refractivity contribution in [2.75, 3.05) is 5.32 Å². The van der Waals surface area contributed by atoms with Gasteiger partial charge in [-0.3, -0.25) is 0 Å². The molecule has 7 aromatic rings. The van der Waals surface area contributed by atoms with Gasteiger partial charge in [0.25, 0.3) is 0 Å². The Kier molecular flexibility index (Phi) is 5.19. The van der Waals surface area contributed by atoms with Crippen molar-refractivity contribution in [1.82, 2.24) is 0 Å². The highest BCUT2D eigenvalue weighted by Crippen LogP contribution is 2.45. The SMILES string of the molecule is c1ccc(Nc2c3ccccc3c(-c3ccc(-c4ccccc4)c4ccccc34)c3ccccc23)cc1. The lowest BCUT2D eigenvalue weighted by atomic mass is 9.86. The second-order valence-corrected chi connectivity index (χ2v) is 9.40. The lowest BCUT2D eigenvalue weighted by Crippen LogP contribution is -1.96. The number of nitrogens with one attached hydrogen (secondary N) is 1. The summed E-state index contributed by atoms with van der Waals surface area (Å²) in [6.45, 7) is 0. The van der Waals surface area contributed by atoms with E-state index < -0.39 is 0 Å². The van der Waals surface area contributed by atoms with Crippen molar-refractivity contribution in [3.05, 3.63) is 146 Å². The van der Waals surface area contributed by atoms with Crippen LogP contribution in [-0.4, -0.2) is 0 Å². The lowest BCUT2D eigenvalue weighted by Gasteiger charge is -2.20. The monoisotopic (exact) mass is 471 g/mol. The standard InChI is InChI=1S/C36H25N/c1-3-13-25(14-4-1)27-23-24-32(29-18-8-7-17-28(27)29)35-30-19-9-11-21-33(30)36(34-22-12-10-20-31(34)35)37-26-15-5-2-6-16-26/h1-24,37H. The molecular formula is C36H25N. The van der Waals surface area contributed by atoms with Crippen LogP contribution in [0.4, 0.5) is 11.4 Å². The summed E-state index contributed by atoms with van der Waals surface area (Å²) < 4.78 is 0. The predicted octanol–water partition coefficient (Wildman–Crippen LogP) is 10.2. The topological polar surface area (TPSA) is 12.0 Å². The van der Waals surface area contributed by atoms with Crippen LogP contribution < -0.4 is 5.32 Å². The highest BCUT2D eigenvalue weighted by Gasteiger charge is 2.18. The van der Waals surface area contributed by atoms with E-state index in [4.69, 9.17) is 0 Å². The van der Waals surface area contributed by atoms with Crippen molar-refractivity contribution in [3.63, 3.8) is 0 Å².